The molecule has 1 aliphatic carbocycles. The zero-order valence-corrected chi connectivity index (χ0v) is 12.1. The van der Waals surface area contributed by atoms with Crippen LogP contribution in [0.4, 0.5) is 5.69 Å². The van der Waals surface area contributed by atoms with Crippen LogP contribution in [0.2, 0.25) is 0 Å². The molecular formula is C15H17BrN2. The molecule has 1 unspecified atom stereocenters. The molecule has 0 amide bonds. The number of benzene rings is 1. The molecule has 0 radical (unpaired) electrons. The number of aliphatic imine (C=N–C) groups is 1. The van der Waals surface area contributed by atoms with Crippen molar-refractivity contribution in [2.24, 2.45) is 4.99 Å². The van der Waals surface area contributed by atoms with Crippen LogP contribution < -0.4 is 5.32 Å². The van der Waals surface area contributed by atoms with Gasteiger partial charge in [0.2, 0.25) is 0 Å². The average Bonchev–Trinajstić information content (AvgIpc) is 2.67. The lowest BCUT2D eigenvalue weighted by Crippen LogP contribution is -2.48. The van der Waals surface area contributed by atoms with Crippen molar-refractivity contribution < 1.29 is 0 Å². The van der Waals surface area contributed by atoms with Gasteiger partial charge in [0.1, 0.15) is 0 Å². The summed E-state index contributed by atoms with van der Waals surface area (Å²) in [6.45, 7) is 3.51. The molecule has 0 saturated carbocycles. The minimum atomic E-state index is 0.150. The molecule has 4 rings (SSSR count). The number of hydrogen-bond donors (Lipinski definition) is 1. The topological polar surface area (TPSA) is 24.4 Å². The molecule has 0 aromatic heterocycles. The van der Waals surface area contributed by atoms with E-state index < -0.39 is 0 Å². The van der Waals surface area contributed by atoms with Gasteiger partial charge >= 0.3 is 0 Å². The first kappa shape index (κ1) is 11.2. The molecule has 94 valence electrons. The monoisotopic (exact) mass is 304 g/mol. The third kappa shape index (κ3) is 1.41. The van der Waals surface area contributed by atoms with E-state index in [-0.39, 0.29) is 5.41 Å². The summed E-state index contributed by atoms with van der Waals surface area (Å²) in [5.74, 6) is 0.680. The number of piperidine rings is 1. The lowest BCUT2D eigenvalue weighted by Gasteiger charge is -2.44. The molecule has 1 aromatic carbocycles. The summed E-state index contributed by atoms with van der Waals surface area (Å²) in [4.78, 5) is 4.66. The van der Waals surface area contributed by atoms with Crippen molar-refractivity contribution in [1.82, 2.24) is 5.32 Å². The van der Waals surface area contributed by atoms with E-state index >= 15 is 0 Å². The largest absolute Gasteiger partial charge is 0.313 e. The first-order chi connectivity index (χ1) is 8.67. The fraction of sp³-hybridized carbons (Fsp3) is 0.533. The Hall–Kier alpha value is -0.670. The number of rotatable bonds is 0. The Bertz CT molecular complexity index is 552. The highest BCUT2D eigenvalue weighted by molar-refractivity contribution is 9.10. The predicted octanol–water partition coefficient (Wildman–Crippen LogP) is 3.66. The summed E-state index contributed by atoms with van der Waals surface area (Å²) in [7, 11) is 0. The second-order valence-corrected chi connectivity index (χ2v) is 6.99. The molecule has 1 aromatic rings. The predicted molar refractivity (Wildman–Crippen MR) is 78.0 cm³/mol. The first-order valence-corrected chi connectivity index (χ1v) is 7.59. The fourth-order valence-corrected chi connectivity index (χ4v) is 4.52. The molecule has 3 aliphatic rings. The van der Waals surface area contributed by atoms with E-state index in [4.69, 9.17) is 0 Å². The van der Waals surface area contributed by atoms with E-state index in [9.17, 15) is 0 Å². The zero-order valence-electron chi connectivity index (χ0n) is 10.5. The molecule has 0 bridgehead atoms. The molecular weight excluding hydrogens is 288 g/mol. The summed E-state index contributed by atoms with van der Waals surface area (Å²) in [6, 6.07) is 5.12. The van der Waals surface area contributed by atoms with E-state index in [1.807, 2.05) is 0 Å². The molecule has 2 nitrogen and oxygen atoms in total. The van der Waals surface area contributed by atoms with Crippen molar-refractivity contribution in [2.45, 2.75) is 43.6 Å². The maximum Gasteiger partial charge on any atom is 0.0681 e. The van der Waals surface area contributed by atoms with Gasteiger partial charge in [-0.2, -0.15) is 0 Å². The Kier molecular flexibility index (Phi) is 2.28. The van der Waals surface area contributed by atoms with Crippen molar-refractivity contribution >= 4 is 27.8 Å². The van der Waals surface area contributed by atoms with E-state index in [0.29, 0.717) is 12.0 Å². The number of nitrogens with zero attached hydrogens (tertiary/aromatic N) is 1. The van der Waals surface area contributed by atoms with E-state index in [1.165, 1.54) is 47.1 Å². The van der Waals surface area contributed by atoms with Gasteiger partial charge in [-0.3, -0.25) is 4.99 Å². The molecule has 18 heavy (non-hydrogen) atoms. The summed E-state index contributed by atoms with van der Waals surface area (Å²) in [5, 5.41) is 3.72. The Balaban J connectivity index is 1.95. The Labute approximate surface area is 116 Å². The molecule has 1 N–H and O–H groups in total. The van der Waals surface area contributed by atoms with Crippen LogP contribution in [0.1, 0.15) is 43.2 Å². The highest BCUT2D eigenvalue weighted by Gasteiger charge is 2.45. The molecule has 1 saturated heterocycles. The van der Waals surface area contributed by atoms with Gasteiger partial charge in [-0.05, 0) is 55.0 Å². The maximum atomic E-state index is 4.66. The molecule has 0 spiro atoms. The molecule has 3 heteroatoms. The molecule has 1 fully saturated rings. The Morgan fingerprint density at radius 1 is 1.44 bits per heavy atom. The third-order valence-corrected chi connectivity index (χ3v) is 5.26. The fourth-order valence-electron chi connectivity index (χ4n) is 4.06. The van der Waals surface area contributed by atoms with Gasteiger partial charge in [-0.1, -0.05) is 22.9 Å². The van der Waals surface area contributed by atoms with Crippen LogP contribution in [0.15, 0.2) is 21.6 Å². The van der Waals surface area contributed by atoms with Crippen LogP contribution >= 0.6 is 15.9 Å². The van der Waals surface area contributed by atoms with Gasteiger partial charge in [0.15, 0.2) is 0 Å². The van der Waals surface area contributed by atoms with Crippen LogP contribution in [0.5, 0.6) is 0 Å². The van der Waals surface area contributed by atoms with Crippen LogP contribution in [0, 0.1) is 0 Å². The van der Waals surface area contributed by atoms with E-state index in [1.54, 1.807) is 0 Å². The lowest BCUT2D eigenvalue weighted by molar-refractivity contribution is 0.286. The minimum Gasteiger partial charge on any atom is -0.313 e. The molecule has 3 atom stereocenters. The van der Waals surface area contributed by atoms with Crippen molar-refractivity contribution in [3.63, 3.8) is 0 Å². The quantitative estimate of drug-likeness (QED) is 0.777. The normalized spacial score (nSPS) is 36.3. The van der Waals surface area contributed by atoms with E-state index in [2.05, 4.69) is 51.5 Å². The van der Waals surface area contributed by atoms with Crippen LogP contribution in [0.25, 0.3) is 0 Å². The highest BCUT2D eigenvalue weighted by atomic mass is 79.9. The minimum absolute atomic E-state index is 0.150. The van der Waals surface area contributed by atoms with Crippen molar-refractivity contribution in [2.75, 3.05) is 6.54 Å². The summed E-state index contributed by atoms with van der Waals surface area (Å²) in [6.07, 6.45) is 5.97. The van der Waals surface area contributed by atoms with Gasteiger partial charge in [0.25, 0.3) is 0 Å². The second kappa shape index (κ2) is 3.67. The van der Waals surface area contributed by atoms with Crippen molar-refractivity contribution in [3.8, 4) is 0 Å². The van der Waals surface area contributed by atoms with Gasteiger partial charge in [-0.25, -0.2) is 0 Å². The van der Waals surface area contributed by atoms with Crippen LogP contribution in [0.3, 0.4) is 0 Å². The van der Waals surface area contributed by atoms with Gasteiger partial charge in [-0.15, -0.1) is 0 Å². The summed E-state index contributed by atoms with van der Waals surface area (Å²) >= 11 is 3.64. The molecule has 2 aliphatic heterocycles. The van der Waals surface area contributed by atoms with Crippen LogP contribution in [-0.2, 0) is 5.41 Å². The Morgan fingerprint density at radius 2 is 2.33 bits per heavy atom. The number of halogens is 1. The van der Waals surface area contributed by atoms with Crippen molar-refractivity contribution in [1.29, 1.82) is 0 Å². The van der Waals surface area contributed by atoms with Gasteiger partial charge < -0.3 is 5.32 Å². The highest BCUT2D eigenvalue weighted by Crippen LogP contribution is 2.52. The first-order valence-electron chi connectivity index (χ1n) is 6.80. The SMILES string of the molecule is CC12C=Nc3cc(Br)cc(c31)[C@H]1CCCN[C@@H]1C2. The number of fused-ring (bicyclic) bond motifs is 2. The second-order valence-electron chi connectivity index (χ2n) is 6.08. The maximum absolute atomic E-state index is 4.66. The standard InChI is InChI=1S/C15H17BrN2/c1-15-7-13-10(3-2-4-17-13)11-5-9(16)6-12(14(11)15)18-8-15/h5-6,8,10,13,17H,2-4,7H2,1H3/t10-,13-,15?/m1/s1. The lowest BCUT2D eigenvalue weighted by atomic mass is 9.64. The van der Waals surface area contributed by atoms with E-state index in [0.717, 1.165) is 0 Å². The zero-order chi connectivity index (χ0) is 12.3. The average molecular weight is 305 g/mol. The molecule has 2 heterocycles. The van der Waals surface area contributed by atoms with Crippen LogP contribution in [-0.4, -0.2) is 18.8 Å². The Morgan fingerprint density at radius 3 is 3.22 bits per heavy atom. The summed E-state index contributed by atoms with van der Waals surface area (Å²) < 4.78 is 1.17. The number of nitrogens with one attached hydrogen (secondary N) is 1. The van der Waals surface area contributed by atoms with Gasteiger partial charge in [0.05, 0.1) is 5.69 Å². The smallest absolute Gasteiger partial charge is 0.0681 e. The van der Waals surface area contributed by atoms with Crippen molar-refractivity contribution in [3.05, 3.63) is 27.7 Å². The third-order valence-electron chi connectivity index (χ3n) is 4.80. The number of hydrogen-bond acceptors (Lipinski definition) is 2. The summed E-state index contributed by atoms with van der Waals surface area (Å²) in [5.41, 5.74) is 4.36. The van der Waals surface area contributed by atoms with Gasteiger partial charge in [0, 0.05) is 22.1 Å².